The molecule has 0 saturated carbocycles. The quantitative estimate of drug-likeness (QED) is 0.884. The van der Waals surface area contributed by atoms with Crippen molar-refractivity contribution < 1.29 is 14.7 Å². The lowest BCUT2D eigenvalue weighted by Gasteiger charge is -2.10. The number of aryl methyl sites for hydroxylation is 1. The van der Waals surface area contributed by atoms with Crippen molar-refractivity contribution in [1.29, 1.82) is 0 Å². The average Bonchev–Trinajstić information content (AvgIpc) is 2.38. The van der Waals surface area contributed by atoms with E-state index in [1.165, 1.54) is 6.07 Å². The highest BCUT2D eigenvalue weighted by atomic mass is 16.4. The molecule has 2 rings (SSSR count). The standard InChI is InChI=1S/C15H13NO3/c1-9-6-7-11(13(8-9)14(16)17)10-4-2-3-5-12(10)15(18)19/h2-8H,1H3,(H2,16,17)(H,18,19). The smallest absolute Gasteiger partial charge is 0.336 e. The van der Waals surface area contributed by atoms with Crippen molar-refractivity contribution in [2.45, 2.75) is 6.92 Å². The molecule has 0 aliphatic rings. The van der Waals surface area contributed by atoms with E-state index in [0.29, 0.717) is 16.7 Å². The van der Waals surface area contributed by atoms with Gasteiger partial charge in [0.2, 0.25) is 5.91 Å². The summed E-state index contributed by atoms with van der Waals surface area (Å²) in [5, 5.41) is 9.19. The first-order valence-corrected chi connectivity index (χ1v) is 5.74. The van der Waals surface area contributed by atoms with Crippen molar-refractivity contribution in [2.75, 3.05) is 0 Å². The molecule has 3 N–H and O–H groups in total. The van der Waals surface area contributed by atoms with Crippen LogP contribution in [0.4, 0.5) is 0 Å². The van der Waals surface area contributed by atoms with Crippen LogP contribution in [0.5, 0.6) is 0 Å². The lowest BCUT2D eigenvalue weighted by atomic mass is 9.94. The lowest BCUT2D eigenvalue weighted by Crippen LogP contribution is -2.13. The van der Waals surface area contributed by atoms with Gasteiger partial charge < -0.3 is 10.8 Å². The Bertz CT molecular complexity index is 662. The number of carboxylic acids is 1. The van der Waals surface area contributed by atoms with Gasteiger partial charge in [-0.05, 0) is 30.2 Å². The lowest BCUT2D eigenvalue weighted by molar-refractivity contribution is 0.0697. The van der Waals surface area contributed by atoms with E-state index in [1.807, 2.05) is 13.0 Å². The molecule has 4 heteroatoms. The van der Waals surface area contributed by atoms with E-state index in [1.54, 1.807) is 30.3 Å². The Morgan fingerprint density at radius 1 is 1.00 bits per heavy atom. The summed E-state index contributed by atoms with van der Waals surface area (Å²) in [5.41, 5.74) is 7.76. The number of carbonyl (C=O) groups excluding carboxylic acids is 1. The van der Waals surface area contributed by atoms with Gasteiger partial charge >= 0.3 is 5.97 Å². The maximum absolute atomic E-state index is 11.5. The van der Waals surface area contributed by atoms with Gasteiger partial charge in [0.1, 0.15) is 0 Å². The van der Waals surface area contributed by atoms with Crippen LogP contribution in [0.3, 0.4) is 0 Å². The predicted octanol–water partition coefficient (Wildman–Crippen LogP) is 2.46. The molecule has 0 unspecified atom stereocenters. The second-order valence-electron chi connectivity index (χ2n) is 4.26. The van der Waals surface area contributed by atoms with Gasteiger partial charge in [-0.25, -0.2) is 4.79 Å². The minimum Gasteiger partial charge on any atom is -0.478 e. The summed E-state index contributed by atoms with van der Waals surface area (Å²) in [6, 6.07) is 11.7. The van der Waals surface area contributed by atoms with Crippen LogP contribution in [0.1, 0.15) is 26.3 Å². The minimum absolute atomic E-state index is 0.147. The Labute approximate surface area is 110 Å². The Hall–Kier alpha value is -2.62. The number of carboxylic acid groups (broad SMARTS) is 1. The first-order chi connectivity index (χ1) is 9.00. The number of carbonyl (C=O) groups is 2. The summed E-state index contributed by atoms with van der Waals surface area (Å²) < 4.78 is 0. The second-order valence-corrected chi connectivity index (χ2v) is 4.26. The van der Waals surface area contributed by atoms with Gasteiger partial charge in [-0.15, -0.1) is 0 Å². The van der Waals surface area contributed by atoms with E-state index in [0.717, 1.165) is 5.56 Å². The number of amides is 1. The van der Waals surface area contributed by atoms with Crippen molar-refractivity contribution in [3.63, 3.8) is 0 Å². The Balaban J connectivity index is 2.72. The molecule has 0 aliphatic carbocycles. The van der Waals surface area contributed by atoms with Crippen LogP contribution >= 0.6 is 0 Å². The molecule has 0 radical (unpaired) electrons. The van der Waals surface area contributed by atoms with Crippen LogP contribution in [0.15, 0.2) is 42.5 Å². The fourth-order valence-electron chi connectivity index (χ4n) is 2.00. The fourth-order valence-corrected chi connectivity index (χ4v) is 2.00. The first-order valence-electron chi connectivity index (χ1n) is 5.74. The number of aromatic carboxylic acids is 1. The molecule has 1 amide bonds. The Morgan fingerprint density at radius 2 is 1.63 bits per heavy atom. The summed E-state index contributed by atoms with van der Waals surface area (Å²) in [7, 11) is 0. The number of benzene rings is 2. The van der Waals surface area contributed by atoms with Gasteiger partial charge in [0.25, 0.3) is 0 Å². The predicted molar refractivity (Wildman–Crippen MR) is 72.1 cm³/mol. The largest absolute Gasteiger partial charge is 0.478 e. The van der Waals surface area contributed by atoms with Crippen LogP contribution < -0.4 is 5.73 Å². The molecule has 19 heavy (non-hydrogen) atoms. The van der Waals surface area contributed by atoms with Crippen molar-refractivity contribution >= 4 is 11.9 Å². The van der Waals surface area contributed by atoms with E-state index in [2.05, 4.69) is 0 Å². The molecule has 0 bridgehead atoms. The molecule has 0 aliphatic heterocycles. The van der Waals surface area contributed by atoms with Crippen LogP contribution in [0, 0.1) is 6.92 Å². The van der Waals surface area contributed by atoms with Crippen molar-refractivity contribution in [3.8, 4) is 11.1 Å². The van der Waals surface area contributed by atoms with Crippen molar-refractivity contribution in [3.05, 3.63) is 59.2 Å². The average molecular weight is 255 g/mol. The molecular weight excluding hydrogens is 242 g/mol. The summed E-state index contributed by atoms with van der Waals surface area (Å²) in [5.74, 6) is -1.61. The second kappa shape index (κ2) is 4.94. The van der Waals surface area contributed by atoms with Crippen molar-refractivity contribution in [1.82, 2.24) is 0 Å². The number of nitrogens with two attached hydrogens (primary N) is 1. The molecular formula is C15H13NO3. The highest BCUT2D eigenvalue weighted by molar-refractivity contribution is 6.04. The Kier molecular flexibility index (Phi) is 3.33. The zero-order valence-corrected chi connectivity index (χ0v) is 10.4. The third-order valence-corrected chi connectivity index (χ3v) is 2.89. The monoisotopic (exact) mass is 255 g/mol. The molecule has 0 atom stereocenters. The van der Waals surface area contributed by atoms with Crippen LogP contribution in [-0.4, -0.2) is 17.0 Å². The Morgan fingerprint density at radius 3 is 2.26 bits per heavy atom. The maximum atomic E-state index is 11.5. The summed E-state index contributed by atoms with van der Waals surface area (Å²) >= 11 is 0. The molecule has 2 aromatic rings. The fraction of sp³-hybridized carbons (Fsp3) is 0.0667. The van der Waals surface area contributed by atoms with Crippen LogP contribution in [-0.2, 0) is 0 Å². The molecule has 4 nitrogen and oxygen atoms in total. The molecule has 0 aromatic heterocycles. The first kappa shape index (κ1) is 12.8. The number of hydrogen-bond acceptors (Lipinski definition) is 2. The zero-order valence-electron chi connectivity index (χ0n) is 10.4. The SMILES string of the molecule is Cc1ccc(-c2ccccc2C(=O)O)c(C(N)=O)c1. The van der Waals surface area contributed by atoms with E-state index < -0.39 is 11.9 Å². The van der Waals surface area contributed by atoms with Gasteiger partial charge in [-0.1, -0.05) is 35.9 Å². The normalized spacial score (nSPS) is 10.2. The number of hydrogen-bond donors (Lipinski definition) is 2. The number of primary amides is 1. The summed E-state index contributed by atoms with van der Waals surface area (Å²) in [6.45, 7) is 1.85. The van der Waals surface area contributed by atoms with Crippen LogP contribution in [0.2, 0.25) is 0 Å². The van der Waals surface area contributed by atoms with E-state index in [9.17, 15) is 14.7 Å². The van der Waals surface area contributed by atoms with E-state index in [-0.39, 0.29) is 5.56 Å². The summed E-state index contributed by atoms with van der Waals surface area (Å²) in [4.78, 5) is 22.7. The van der Waals surface area contributed by atoms with Gasteiger partial charge in [-0.2, -0.15) is 0 Å². The van der Waals surface area contributed by atoms with E-state index >= 15 is 0 Å². The topological polar surface area (TPSA) is 80.4 Å². The summed E-state index contributed by atoms with van der Waals surface area (Å²) in [6.07, 6.45) is 0. The van der Waals surface area contributed by atoms with Gasteiger partial charge in [0.05, 0.1) is 5.56 Å². The molecule has 0 saturated heterocycles. The van der Waals surface area contributed by atoms with Crippen molar-refractivity contribution in [2.24, 2.45) is 5.73 Å². The molecule has 0 heterocycles. The highest BCUT2D eigenvalue weighted by Crippen LogP contribution is 2.27. The molecule has 96 valence electrons. The molecule has 0 spiro atoms. The van der Waals surface area contributed by atoms with Gasteiger partial charge in [0, 0.05) is 5.56 Å². The van der Waals surface area contributed by atoms with Crippen LogP contribution in [0.25, 0.3) is 11.1 Å². The number of rotatable bonds is 3. The van der Waals surface area contributed by atoms with Gasteiger partial charge in [-0.3, -0.25) is 4.79 Å². The zero-order chi connectivity index (χ0) is 14.0. The molecule has 0 fully saturated rings. The highest BCUT2D eigenvalue weighted by Gasteiger charge is 2.16. The molecule has 2 aromatic carbocycles. The maximum Gasteiger partial charge on any atom is 0.336 e. The third kappa shape index (κ3) is 2.47. The van der Waals surface area contributed by atoms with Gasteiger partial charge in [0.15, 0.2) is 0 Å². The third-order valence-electron chi connectivity index (χ3n) is 2.89. The minimum atomic E-state index is -1.04. The van der Waals surface area contributed by atoms with E-state index in [4.69, 9.17) is 5.73 Å².